The maximum atomic E-state index is 11.9. The topological polar surface area (TPSA) is 63.4 Å². The van der Waals surface area contributed by atoms with Gasteiger partial charge >= 0.3 is 0 Å². The molecule has 2 amide bonds. The van der Waals surface area contributed by atoms with Crippen molar-refractivity contribution in [3.8, 4) is 0 Å². The number of amides is 2. The maximum absolute atomic E-state index is 11.9. The van der Waals surface area contributed by atoms with E-state index in [2.05, 4.69) is 0 Å². The lowest BCUT2D eigenvalue weighted by molar-refractivity contribution is -0.122. The van der Waals surface area contributed by atoms with Gasteiger partial charge in [-0.2, -0.15) is 0 Å². The van der Waals surface area contributed by atoms with Crippen LogP contribution in [0.25, 0.3) is 0 Å². The monoisotopic (exact) mass is 310 g/mol. The van der Waals surface area contributed by atoms with Crippen LogP contribution in [0, 0.1) is 0 Å². The van der Waals surface area contributed by atoms with E-state index in [0.717, 1.165) is 23.7 Å². The normalized spacial score (nSPS) is 17.3. The van der Waals surface area contributed by atoms with E-state index in [1.54, 1.807) is 0 Å². The van der Waals surface area contributed by atoms with Gasteiger partial charge in [0, 0.05) is 18.1 Å². The number of hydrogen-bond donors (Lipinski definition) is 1. The molecule has 0 atom stereocenters. The molecule has 1 aromatic rings. The highest BCUT2D eigenvalue weighted by Gasteiger charge is 2.33. The third-order valence-corrected chi connectivity index (χ3v) is 4.11. The smallest absolute Gasteiger partial charge is 0.293 e. The molecule has 0 aliphatic carbocycles. The van der Waals surface area contributed by atoms with Crippen LogP contribution in [0.5, 0.6) is 0 Å². The number of aryl methyl sites for hydroxylation is 1. The Hall–Kier alpha value is -1.30. The van der Waals surface area contributed by atoms with Gasteiger partial charge in [0.15, 0.2) is 0 Å². The highest BCUT2D eigenvalue weighted by Crippen LogP contribution is 2.30. The van der Waals surface area contributed by atoms with Gasteiger partial charge in [-0.15, -0.1) is 0 Å². The van der Waals surface area contributed by atoms with Gasteiger partial charge in [0.2, 0.25) is 0 Å². The highest BCUT2D eigenvalue weighted by molar-refractivity contribution is 8.18. The van der Waals surface area contributed by atoms with E-state index in [-0.39, 0.29) is 24.2 Å². The molecular formula is C14H15ClN2O2S. The quantitative estimate of drug-likeness (QED) is 0.849. The van der Waals surface area contributed by atoms with Crippen molar-refractivity contribution in [2.45, 2.75) is 12.8 Å². The molecule has 1 aromatic carbocycles. The average molecular weight is 311 g/mol. The zero-order chi connectivity index (χ0) is 14.5. The second-order valence-electron chi connectivity index (χ2n) is 4.35. The summed E-state index contributed by atoms with van der Waals surface area (Å²) in [6.45, 7) is 0.565. The highest BCUT2D eigenvalue weighted by atomic mass is 35.5. The summed E-state index contributed by atoms with van der Waals surface area (Å²) in [5.74, 6) is -0.235. The predicted molar refractivity (Wildman–Crippen MR) is 81.6 cm³/mol. The molecule has 2 rings (SSSR count). The molecule has 2 N–H and O–H groups in total. The Labute approximate surface area is 127 Å². The van der Waals surface area contributed by atoms with Gasteiger partial charge in [0.05, 0.1) is 4.91 Å². The Morgan fingerprint density at radius 3 is 2.60 bits per heavy atom. The van der Waals surface area contributed by atoms with Crippen molar-refractivity contribution in [3.05, 3.63) is 45.8 Å². The standard InChI is InChI=1S/C14H15ClN2O2S/c15-11-6-4-10(5-7-11)2-1-3-12-13(18)17(9-8-16)14(19)20-12/h3-7H,1-2,8-9,16H2/b12-3-. The van der Waals surface area contributed by atoms with Gasteiger partial charge in [-0.25, -0.2) is 0 Å². The number of carbonyl (C=O) groups is 2. The van der Waals surface area contributed by atoms with Crippen molar-refractivity contribution in [1.82, 2.24) is 4.90 Å². The molecule has 4 nitrogen and oxygen atoms in total. The number of hydrogen-bond acceptors (Lipinski definition) is 4. The van der Waals surface area contributed by atoms with E-state index < -0.39 is 0 Å². The lowest BCUT2D eigenvalue weighted by Crippen LogP contribution is -2.33. The van der Waals surface area contributed by atoms with Crippen LogP contribution in [0.2, 0.25) is 5.02 Å². The predicted octanol–water partition coefficient (Wildman–Crippen LogP) is 2.81. The summed E-state index contributed by atoms with van der Waals surface area (Å²) in [5.41, 5.74) is 6.53. The van der Waals surface area contributed by atoms with Gasteiger partial charge in [-0.05, 0) is 42.3 Å². The van der Waals surface area contributed by atoms with E-state index in [1.807, 2.05) is 30.3 Å². The van der Waals surface area contributed by atoms with Gasteiger partial charge < -0.3 is 5.73 Å². The molecule has 106 valence electrons. The molecular weight excluding hydrogens is 296 g/mol. The number of rotatable bonds is 5. The molecule has 1 aliphatic rings. The number of allylic oxidation sites excluding steroid dienone is 1. The molecule has 0 bridgehead atoms. The van der Waals surface area contributed by atoms with Crippen molar-refractivity contribution in [1.29, 1.82) is 0 Å². The number of carbonyl (C=O) groups excluding carboxylic acids is 2. The first-order valence-electron chi connectivity index (χ1n) is 6.30. The third kappa shape index (κ3) is 3.62. The minimum Gasteiger partial charge on any atom is -0.329 e. The zero-order valence-corrected chi connectivity index (χ0v) is 12.4. The zero-order valence-electron chi connectivity index (χ0n) is 10.8. The number of imide groups is 1. The first kappa shape index (κ1) is 15.1. The summed E-state index contributed by atoms with van der Waals surface area (Å²) in [6, 6.07) is 7.59. The van der Waals surface area contributed by atoms with Crippen molar-refractivity contribution in [2.75, 3.05) is 13.1 Å². The van der Waals surface area contributed by atoms with Crippen molar-refractivity contribution in [2.24, 2.45) is 5.73 Å². The first-order valence-corrected chi connectivity index (χ1v) is 7.49. The van der Waals surface area contributed by atoms with Crippen LogP contribution in [0.15, 0.2) is 35.2 Å². The number of nitrogens with zero attached hydrogens (tertiary/aromatic N) is 1. The molecule has 0 aromatic heterocycles. The summed E-state index contributed by atoms with van der Waals surface area (Å²) in [6.07, 6.45) is 3.33. The van der Waals surface area contributed by atoms with E-state index in [1.165, 1.54) is 4.90 Å². The Morgan fingerprint density at radius 1 is 1.25 bits per heavy atom. The molecule has 1 saturated heterocycles. The van der Waals surface area contributed by atoms with Crippen LogP contribution in [-0.2, 0) is 11.2 Å². The molecule has 0 saturated carbocycles. The first-order chi connectivity index (χ1) is 9.61. The Bertz CT molecular complexity index is 543. The van der Waals surface area contributed by atoms with Crippen LogP contribution in [0.3, 0.4) is 0 Å². The third-order valence-electron chi connectivity index (χ3n) is 2.90. The molecule has 20 heavy (non-hydrogen) atoms. The number of nitrogens with two attached hydrogens (primary N) is 1. The van der Waals surface area contributed by atoms with Crippen LogP contribution in [-0.4, -0.2) is 29.1 Å². The fourth-order valence-corrected chi connectivity index (χ4v) is 2.88. The SMILES string of the molecule is NCCN1C(=O)S/C(=C\CCc2ccc(Cl)cc2)C1=O. The van der Waals surface area contributed by atoms with Gasteiger partial charge in [-0.3, -0.25) is 14.5 Å². The van der Waals surface area contributed by atoms with E-state index in [4.69, 9.17) is 17.3 Å². The lowest BCUT2D eigenvalue weighted by Gasteiger charge is -2.09. The van der Waals surface area contributed by atoms with E-state index >= 15 is 0 Å². The molecule has 0 radical (unpaired) electrons. The minimum absolute atomic E-state index is 0.235. The summed E-state index contributed by atoms with van der Waals surface area (Å²) in [5, 5.41) is 0.467. The summed E-state index contributed by atoms with van der Waals surface area (Å²) >= 11 is 6.80. The number of benzene rings is 1. The Morgan fingerprint density at radius 2 is 1.95 bits per heavy atom. The van der Waals surface area contributed by atoms with Crippen molar-refractivity contribution >= 4 is 34.5 Å². The fraction of sp³-hybridized carbons (Fsp3) is 0.286. The van der Waals surface area contributed by atoms with Gasteiger partial charge in [0.25, 0.3) is 11.1 Å². The largest absolute Gasteiger partial charge is 0.329 e. The van der Waals surface area contributed by atoms with Crippen molar-refractivity contribution in [3.63, 3.8) is 0 Å². The Balaban J connectivity index is 1.93. The summed E-state index contributed by atoms with van der Waals surface area (Å²) < 4.78 is 0. The van der Waals surface area contributed by atoms with Crippen LogP contribution >= 0.6 is 23.4 Å². The minimum atomic E-state index is -0.238. The molecule has 1 heterocycles. The average Bonchev–Trinajstić information content (AvgIpc) is 2.69. The van der Waals surface area contributed by atoms with Crippen LogP contribution in [0.1, 0.15) is 12.0 Å². The number of halogens is 1. The van der Waals surface area contributed by atoms with E-state index in [0.29, 0.717) is 16.3 Å². The maximum Gasteiger partial charge on any atom is 0.293 e. The molecule has 6 heteroatoms. The summed E-state index contributed by atoms with van der Waals surface area (Å²) in [4.78, 5) is 25.2. The molecule has 0 spiro atoms. The number of thioether (sulfide) groups is 1. The molecule has 1 aliphatic heterocycles. The fourth-order valence-electron chi connectivity index (χ4n) is 1.88. The molecule has 1 fully saturated rings. The van der Waals surface area contributed by atoms with Crippen LogP contribution < -0.4 is 5.73 Å². The Kier molecular flexibility index (Phi) is 5.23. The van der Waals surface area contributed by atoms with Crippen molar-refractivity contribution < 1.29 is 9.59 Å². The second-order valence-corrected chi connectivity index (χ2v) is 5.78. The van der Waals surface area contributed by atoms with Gasteiger partial charge in [0.1, 0.15) is 0 Å². The molecule has 0 unspecified atom stereocenters. The van der Waals surface area contributed by atoms with E-state index in [9.17, 15) is 9.59 Å². The lowest BCUT2D eigenvalue weighted by atomic mass is 10.1. The second kappa shape index (κ2) is 6.92. The van der Waals surface area contributed by atoms with Crippen LogP contribution in [0.4, 0.5) is 4.79 Å². The summed E-state index contributed by atoms with van der Waals surface area (Å²) in [7, 11) is 0. The van der Waals surface area contributed by atoms with Gasteiger partial charge in [-0.1, -0.05) is 29.8 Å².